The molecule has 0 bridgehead atoms. The molecule has 0 spiro atoms. The van der Waals surface area contributed by atoms with Gasteiger partial charge in [0, 0.05) is 6.16 Å². The number of hydrogen-bond acceptors (Lipinski definition) is 4. The maximum atomic E-state index is 13.4. The molecule has 2 N–H and O–H groups in total. The minimum atomic E-state index is -2.47. The van der Waals surface area contributed by atoms with Crippen molar-refractivity contribution in [1.82, 2.24) is 0 Å². The Hall–Kier alpha value is -1.49. The summed E-state index contributed by atoms with van der Waals surface area (Å²) in [6.07, 6.45) is 1.69. The molecule has 0 radical (unpaired) electrons. The lowest BCUT2D eigenvalue weighted by atomic mass is 9.61. The van der Waals surface area contributed by atoms with Gasteiger partial charge >= 0.3 is 5.97 Å². The summed E-state index contributed by atoms with van der Waals surface area (Å²) in [6, 6.07) is 6.65. The molecule has 0 aliphatic heterocycles. The maximum absolute atomic E-state index is 13.4. The molecule has 5 nitrogen and oxygen atoms in total. The van der Waals surface area contributed by atoms with Crippen molar-refractivity contribution in [1.29, 1.82) is 0 Å². The lowest BCUT2D eigenvalue weighted by Gasteiger charge is -2.44. The summed E-state index contributed by atoms with van der Waals surface area (Å²) in [4.78, 5) is 10.6. The van der Waals surface area contributed by atoms with E-state index < -0.39 is 26.5 Å². The molecule has 2 rings (SSSR count). The second-order valence-corrected chi connectivity index (χ2v) is 11.1. The third-order valence-electron chi connectivity index (χ3n) is 5.60. The fourth-order valence-electron chi connectivity index (χ4n) is 4.74. The second kappa shape index (κ2) is 10.2. The van der Waals surface area contributed by atoms with Crippen molar-refractivity contribution in [2.45, 2.75) is 65.9 Å². The SMILES string of the molecule is CC1(C)CC(c2ccc(F)cc2)=C(CCCO[PH](=O)C[C@@H](O)CC(=O)O)C(C)(C)C1. The van der Waals surface area contributed by atoms with Crippen LogP contribution in [-0.2, 0) is 13.9 Å². The molecule has 168 valence electrons. The quantitative estimate of drug-likeness (QED) is 0.369. The van der Waals surface area contributed by atoms with E-state index in [2.05, 4.69) is 27.7 Å². The Morgan fingerprint density at radius 2 is 1.87 bits per heavy atom. The van der Waals surface area contributed by atoms with Crippen LogP contribution in [0.5, 0.6) is 0 Å². The number of carboxylic acid groups (broad SMARTS) is 1. The van der Waals surface area contributed by atoms with Crippen molar-refractivity contribution >= 4 is 19.6 Å². The molecule has 1 unspecified atom stereocenters. The molecule has 1 aliphatic rings. The average Bonchev–Trinajstić information content (AvgIpc) is 2.58. The zero-order valence-corrected chi connectivity index (χ0v) is 19.3. The predicted molar refractivity (Wildman–Crippen MR) is 117 cm³/mol. The van der Waals surface area contributed by atoms with Crippen LogP contribution in [0.15, 0.2) is 29.8 Å². The van der Waals surface area contributed by atoms with Crippen LogP contribution in [0.2, 0.25) is 0 Å². The Kier molecular flexibility index (Phi) is 8.43. The van der Waals surface area contributed by atoms with Crippen LogP contribution < -0.4 is 0 Å². The van der Waals surface area contributed by atoms with E-state index in [-0.39, 0.29) is 29.4 Å². The molecular formula is C23H34FO5P. The van der Waals surface area contributed by atoms with Gasteiger partial charge < -0.3 is 14.7 Å². The van der Waals surface area contributed by atoms with Gasteiger partial charge in [0.2, 0.25) is 0 Å². The van der Waals surface area contributed by atoms with E-state index in [1.165, 1.54) is 23.3 Å². The minimum Gasteiger partial charge on any atom is -0.481 e. The first-order chi connectivity index (χ1) is 13.9. The average molecular weight is 440 g/mol. The molecule has 0 saturated carbocycles. The normalized spacial score (nSPS) is 20.1. The number of rotatable bonds is 10. The highest BCUT2D eigenvalue weighted by atomic mass is 31.1. The molecular weight excluding hydrogens is 406 g/mol. The van der Waals surface area contributed by atoms with E-state index in [0.717, 1.165) is 24.8 Å². The number of benzene rings is 1. The summed E-state index contributed by atoms with van der Waals surface area (Å²) in [5.41, 5.74) is 3.73. The van der Waals surface area contributed by atoms with E-state index in [9.17, 15) is 18.9 Å². The third-order valence-corrected chi connectivity index (χ3v) is 6.93. The van der Waals surface area contributed by atoms with E-state index in [4.69, 9.17) is 9.63 Å². The van der Waals surface area contributed by atoms with E-state index in [1.807, 2.05) is 12.1 Å². The van der Waals surface area contributed by atoms with Gasteiger partial charge in [0.15, 0.2) is 8.03 Å². The first-order valence-electron chi connectivity index (χ1n) is 10.4. The van der Waals surface area contributed by atoms with E-state index in [1.54, 1.807) is 0 Å². The molecule has 0 aromatic heterocycles. The van der Waals surface area contributed by atoms with Crippen LogP contribution in [0, 0.1) is 16.6 Å². The number of aliphatic hydroxyl groups is 1. The molecule has 0 fully saturated rings. The minimum absolute atomic E-state index is 0.0194. The predicted octanol–water partition coefficient (Wildman–Crippen LogP) is 5.53. The Morgan fingerprint density at radius 1 is 1.23 bits per heavy atom. The number of carbonyl (C=O) groups is 1. The van der Waals surface area contributed by atoms with Crippen molar-refractivity contribution in [3.8, 4) is 0 Å². The van der Waals surface area contributed by atoms with Gasteiger partial charge in [-0.1, -0.05) is 45.4 Å². The summed E-state index contributed by atoms with van der Waals surface area (Å²) in [7, 11) is -2.47. The van der Waals surface area contributed by atoms with Crippen LogP contribution in [-0.4, -0.2) is 35.1 Å². The highest BCUT2D eigenvalue weighted by Crippen LogP contribution is 2.53. The molecule has 0 amide bonds. The Balaban J connectivity index is 2.06. The summed E-state index contributed by atoms with van der Waals surface area (Å²) in [5.74, 6) is -1.38. The molecule has 0 saturated heterocycles. The number of aliphatic hydroxyl groups excluding tert-OH is 1. The van der Waals surface area contributed by atoms with Crippen LogP contribution >= 0.6 is 8.03 Å². The van der Waals surface area contributed by atoms with Crippen LogP contribution in [0.4, 0.5) is 4.39 Å². The van der Waals surface area contributed by atoms with Gasteiger partial charge in [-0.2, -0.15) is 0 Å². The van der Waals surface area contributed by atoms with Gasteiger partial charge in [-0.25, -0.2) is 4.39 Å². The molecule has 7 heteroatoms. The maximum Gasteiger partial charge on any atom is 0.305 e. The van der Waals surface area contributed by atoms with Crippen LogP contribution in [0.3, 0.4) is 0 Å². The molecule has 1 aromatic carbocycles. The van der Waals surface area contributed by atoms with E-state index in [0.29, 0.717) is 6.42 Å². The number of hydrogen-bond donors (Lipinski definition) is 2. The second-order valence-electron chi connectivity index (χ2n) is 9.65. The summed E-state index contributed by atoms with van der Waals surface area (Å²) < 4.78 is 30.8. The van der Waals surface area contributed by atoms with Crippen molar-refractivity contribution in [2.75, 3.05) is 12.8 Å². The van der Waals surface area contributed by atoms with Crippen molar-refractivity contribution < 1.29 is 28.5 Å². The largest absolute Gasteiger partial charge is 0.481 e. The highest BCUT2D eigenvalue weighted by Gasteiger charge is 2.38. The van der Waals surface area contributed by atoms with E-state index >= 15 is 0 Å². The molecule has 2 atom stereocenters. The highest BCUT2D eigenvalue weighted by molar-refractivity contribution is 7.39. The first-order valence-corrected chi connectivity index (χ1v) is 12.0. The van der Waals surface area contributed by atoms with Gasteiger partial charge in [-0.3, -0.25) is 9.36 Å². The fraction of sp³-hybridized carbons (Fsp3) is 0.609. The first kappa shape index (κ1) is 24.8. The van der Waals surface area contributed by atoms with Gasteiger partial charge in [0.05, 0.1) is 19.1 Å². The smallest absolute Gasteiger partial charge is 0.305 e. The van der Waals surface area contributed by atoms with Gasteiger partial charge in [0.1, 0.15) is 5.82 Å². The van der Waals surface area contributed by atoms with Crippen molar-refractivity contribution in [3.05, 3.63) is 41.2 Å². The lowest BCUT2D eigenvalue weighted by Crippen LogP contribution is -2.31. The fourth-order valence-corrected chi connectivity index (χ4v) is 5.75. The van der Waals surface area contributed by atoms with Crippen LogP contribution in [0.25, 0.3) is 5.57 Å². The Morgan fingerprint density at radius 3 is 2.47 bits per heavy atom. The Labute approximate surface area is 179 Å². The number of aliphatic carboxylic acids is 1. The molecule has 30 heavy (non-hydrogen) atoms. The summed E-state index contributed by atoms with van der Waals surface area (Å²) in [6.45, 7) is 9.27. The summed E-state index contributed by atoms with van der Waals surface area (Å²) >= 11 is 0. The lowest BCUT2D eigenvalue weighted by molar-refractivity contribution is -0.138. The van der Waals surface area contributed by atoms with Crippen LogP contribution in [0.1, 0.15) is 65.4 Å². The standard InChI is InChI=1S/C23H34FO5P/c1-22(2)13-19(16-7-9-17(24)10-8-16)20(23(3,4)15-22)6-5-11-29-30(28)14-18(25)12-21(26)27/h7-10,18,25,30H,5-6,11-15H2,1-4H3,(H,26,27)/t18-/m0/s1. The van der Waals surface area contributed by atoms with Gasteiger partial charge in [-0.05, 0) is 59.8 Å². The van der Waals surface area contributed by atoms with Crippen molar-refractivity contribution in [3.63, 3.8) is 0 Å². The number of halogens is 1. The van der Waals surface area contributed by atoms with Crippen molar-refractivity contribution in [2.24, 2.45) is 10.8 Å². The molecule has 1 aromatic rings. The summed E-state index contributed by atoms with van der Waals surface area (Å²) in [5, 5.41) is 18.2. The Bertz CT molecular complexity index is 798. The monoisotopic (exact) mass is 440 g/mol. The zero-order valence-electron chi connectivity index (χ0n) is 18.3. The topological polar surface area (TPSA) is 83.8 Å². The zero-order chi connectivity index (χ0) is 22.5. The van der Waals surface area contributed by atoms with Gasteiger partial charge in [0.25, 0.3) is 0 Å². The van der Waals surface area contributed by atoms with Gasteiger partial charge in [-0.15, -0.1) is 0 Å². The third kappa shape index (κ3) is 7.33. The number of allylic oxidation sites excluding steroid dienone is 2. The molecule has 0 heterocycles. The molecule has 1 aliphatic carbocycles. The number of carboxylic acids is 1.